The molecule has 0 radical (unpaired) electrons. The second kappa shape index (κ2) is 8.88. The van der Waals surface area contributed by atoms with Gasteiger partial charge in [-0.15, -0.1) is 5.10 Å². The minimum absolute atomic E-state index is 0.112. The first kappa shape index (κ1) is 22.6. The van der Waals surface area contributed by atoms with Crippen molar-refractivity contribution >= 4 is 11.9 Å². The lowest BCUT2D eigenvalue weighted by Gasteiger charge is -2.27. The number of carbonyl (C=O) groups is 2. The molecule has 1 amide bonds. The summed E-state index contributed by atoms with van der Waals surface area (Å²) in [4.78, 5) is 33.7. The Morgan fingerprint density at radius 1 is 1.15 bits per heavy atom. The van der Waals surface area contributed by atoms with Gasteiger partial charge in [-0.1, -0.05) is 6.07 Å². The van der Waals surface area contributed by atoms with Gasteiger partial charge in [-0.3, -0.25) is 4.79 Å². The van der Waals surface area contributed by atoms with E-state index in [2.05, 4.69) is 25.4 Å². The Labute approximate surface area is 197 Å². The zero-order valence-corrected chi connectivity index (χ0v) is 19.5. The summed E-state index contributed by atoms with van der Waals surface area (Å²) in [5.41, 5.74) is 2.36. The number of nitrogens with zero attached hydrogens (tertiary/aromatic N) is 7. The summed E-state index contributed by atoms with van der Waals surface area (Å²) in [6.07, 6.45) is 4.02. The van der Waals surface area contributed by atoms with Crippen LogP contribution in [-0.4, -0.2) is 84.8 Å². The number of cyclic esters (lactones) is 1. The van der Waals surface area contributed by atoms with E-state index in [9.17, 15) is 14.7 Å². The molecule has 2 saturated heterocycles. The average Bonchev–Trinajstić information content (AvgIpc) is 3.50. The molecular weight excluding hydrogens is 438 g/mol. The minimum Gasteiger partial charge on any atom is -0.456 e. The molecule has 5 heterocycles. The quantitative estimate of drug-likeness (QED) is 0.639. The lowest BCUT2D eigenvalue weighted by molar-refractivity contribution is -0.137. The van der Waals surface area contributed by atoms with E-state index in [0.717, 1.165) is 55.7 Å². The molecule has 2 aromatic rings. The monoisotopic (exact) mass is 467 g/mol. The number of rotatable bonds is 5. The van der Waals surface area contributed by atoms with Crippen molar-refractivity contribution in [1.82, 2.24) is 35.0 Å². The number of likely N-dealkylation sites (tertiary alicyclic amines) is 2. The number of aliphatic hydroxyl groups excluding tert-OH is 1. The number of hydrogen-bond acceptors (Lipinski definition) is 9. The van der Waals surface area contributed by atoms with Crippen LogP contribution in [0.4, 0.5) is 0 Å². The molecule has 2 atom stereocenters. The number of esters is 1. The van der Waals surface area contributed by atoms with Crippen LogP contribution in [0.2, 0.25) is 0 Å². The van der Waals surface area contributed by atoms with Crippen molar-refractivity contribution in [1.29, 1.82) is 0 Å². The van der Waals surface area contributed by atoms with Crippen LogP contribution < -0.4 is 0 Å². The van der Waals surface area contributed by atoms with Crippen LogP contribution in [0.5, 0.6) is 0 Å². The van der Waals surface area contributed by atoms with Crippen LogP contribution in [-0.2, 0) is 14.3 Å². The number of carbonyl (C=O) groups excluding carboxylic acids is 2. The maximum atomic E-state index is 13.4. The van der Waals surface area contributed by atoms with Gasteiger partial charge in [0.1, 0.15) is 12.9 Å². The summed E-state index contributed by atoms with van der Waals surface area (Å²) >= 11 is 0. The van der Waals surface area contributed by atoms with Gasteiger partial charge in [0, 0.05) is 24.3 Å². The number of aromatic nitrogens is 5. The van der Waals surface area contributed by atoms with E-state index < -0.39 is 11.5 Å². The SMILES string of the molecule is CC1=C(N2CCC3(CCCN(CC(O)c4ccc(-n5cnnn5)nc4C)CC3)C2=O)COC1=O. The van der Waals surface area contributed by atoms with Crippen molar-refractivity contribution in [3.63, 3.8) is 0 Å². The number of pyridine rings is 1. The van der Waals surface area contributed by atoms with E-state index in [1.165, 1.54) is 11.0 Å². The fourth-order valence-corrected chi connectivity index (χ4v) is 5.37. The molecule has 3 aliphatic rings. The third kappa shape index (κ3) is 3.98. The van der Waals surface area contributed by atoms with Gasteiger partial charge in [-0.2, -0.15) is 4.68 Å². The highest BCUT2D eigenvalue weighted by Gasteiger charge is 2.49. The standard InChI is InChI=1S/C23H29N7O4/c1-15-18(13-34-21(15)32)29-11-8-23(22(29)33)6-3-9-28(10-7-23)12-19(31)17-4-5-20(25-16(17)2)30-14-24-26-27-30/h4-5,14,19,31H,3,6-13H2,1-2H3. The van der Waals surface area contributed by atoms with E-state index in [1.807, 2.05) is 13.0 Å². The Morgan fingerprint density at radius 3 is 2.68 bits per heavy atom. The van der Waals surface area contributed by atoms with Crippen LogP contribution in [0.1, 0.15) is 50.0 Å². The predicted molar refractivity (Wildman–Crippen MR) is 119 cm³/mol. The fourth-order valence-electron chi connectivity index (χ4n) is 5.37. The Morgan fingerprint density at radius 2 is 1.97 bits per heavy atom. The highest BCUT2D eigenvalue weighted by molar-refractivity contribution is 5.94. The normalized spacial score (nSPS) is 24.7. The Bertz CT molecular complexity index is 1130. The molecule has 11 nitrogen and oxygen atoms in total. The molecule has 0 bridgehead atoms. The molecule has 1 spiro atoms. The van der Waals surface area contributed by atoms with Gasteiger partial charge in [0.25, 0.3) is 0 Å². The molecule has 5 rings (SSSR count). The number of aliphatic hydroxyl groups is 1. The first-order valence-electron chi connectivity index (χ1n) is 11.7. The smallest absolute Gasteiger partial charge is 0.336 e. The van der Waals surface area contributed by atoms with Crippen molar-refractivity contribution in [3.05, 3.63) is 41.0 Å². The van der Waals surface area contributed by atoms with Crippen LogP contribution in [0.15, 0.2) is 29.7 Å². The second-order valence-corrected chi connectivity index (χ2v) is 9.40. The molecule has 0 aromatic carbocycles. The molecule has 180 valence electrons. The van der Waals surface area contributed by atoms with Crippen LogP contribution in [0.3, 0.4) is 0 Å². The van der Waals surface area contributed by atoms with Gasteiger partial charge in [-0.25, -0.2) is 9.78 Å². The summed E-state index contributed by atoms with van der Waals surface area (Å²) in [5.74, 6) is 0.375. The van der Waals surface area contributed by atoms with Gasteiger partial charge in [0.15, 0.2) is 5.82 Å². The first-order chi connectivity index (χ1) is 16.4. The summed E-state index contributed by atoms with van der Waals surface area (Å²) in [7, 11) is 0. The summed E-state index contributed by atoms with van der Waals surface area (Å²) in [6, 6.07) is 3.65. The summed E-state index contributed by atoms with van der Waals surface area (Å²) in [5, 5.41) is 22.1. The molecule has 34 heavy (non-hydrogen) atoms. The van der Waals surface area contributed by atoms with Crippen LogP contribution >= 0.6 is 0 Å². The predicted octanol–water partition coefficient (Wildman–Crippen LogP) is 0.935. The molecule has 2 aromatic heterocycles. The number of tetrazole rings is 1. The Balaban J connectivity index is 1.23. The average molecular weight is 468 g/mol. The van der Waals surface area contributed by atoms with E-state index in [-0.39, 0.29) is 18.5 Å². The van der Waals surface area contributed by atoms with Gasteiger partial charge in [0.05, 0.1) is 22.8 Å². The number of β-amino-alcohol motifs (C(OH)–C–C–N with tert-alkyl or cyclic N) is 1. The van der Waals surface area contributed by atoms with E-state index >= 15 is 0 Å². The van der Waals surface area contributed by atoms with E-state index in [1.54, 1.807) is 17.9 Å². The van der Waals surface area contributed by atoms with Crippen molar-refractivity contribution in [3.8, 4) is 5.82 Å². The Hall–Kier alpha value is -3.18. The van der Waals surface area contributed by atoms with Gasteiger partial charge in [-0.05, 0) is 69.1 Å². The molecule has 2 fully saturated rings. The zero-order valence-electron chi connectivity index (χ0n) is 19.5. The summed E-state index contributed by atoms with van der Waals surface area (Å²) < 4.78 is 6.60. The molecule has 2 unspecified atom stereocenters. The van der Waals surface area contributed by atoms with E-state index in [0.29, 0.717) is 24.5 Å². The van der Waals surface area contributed by atoms with Crippen LogP contribution in [0, 0.1) is 12.3 Å². The van der Waals surface area contributed by atoms with Gasteiger partial charge < -0.3 is 19.6 Å². The highest BCUT2D eigenvalue weighted by Crippen LogP contribution is 2.43. The fraction of sp³-hybridized carbons (Fsp3) is 0.565. The first-order valence-corrected chi connectivity index (χ1v) is 11.7. The molecule has 1 N–H and O–H groups in total. The molecule has 0 aliphatic carbocycles. The third-order valence-corrected chi connectivity index (χ3v) is 7.44. The van der Waals surface area contributed by atoms with Crippen molar-refractivity contribution < 1.29 is 19.4 Å². The van der Waals surface area contributed by atoms with Crippen molar-refractivity contribution in [2.75, 3.05) is 32.8 Å². The maximum absolute atomic E-state index is 13.4. The highest BCUT2D eigenvalue weighted by atomic mass is 16.5. The van der Waals surface area contributed by atoms with Gasteiger partial charge >= 0.3 is 5.97 Å². The molecule has 3 aliphatic heterocycles. The second-order valence-electron chi connectivity index (χ2n) is 9.40. The number of hydrogen-bond donors (Lipinski definition) is 1. The lowest BCUT2D eigenvalue weighted by atomic mass is 9.79. The van der Waals surface area contributed by atoms with E-state index in [4.69, 9.17) is 4.74 Å². The molecule has 0 saturated carbocycles. The third-order valence-electron chi connectivity index (χ3n) is 7.44. The summed E-state index contributed by atoms with van der Waals surface area (Å²) in [6.45, 7) is 6.44. The molecular formula is C23H29N7O4. The van der Waals surface area contributed by atoms with Gasteiger partial charge in [0.2, 0.25) is 5.91 Å². The zero-order chi connectivity index (χ0) is 23.9. The number of ether oxygens (including phenoxy) is 1. The topological polar surface area (TPSA) is 127 Å². The molecule has 11 heteroatoms. The van der Waals surface area contributed by atoms with Crippen LogP contribution in [0.25, 0.3) is 5.82 Å². The van der Waals surface area contributed by atoms with Crippen molar-refractivity contribution in [2.24, 2.45) is 5.41 Å². The lowest BCUT2D eigenvalue weighted by Crippen LogP contribution is -2.36. The Kier molecular flexibility index (Phi) is 5.90. The maximum Gasteiger partial charge on any atom is 0.336 e. The number of aryl methyl sites for hydroxylation is 1. The van der Waals surface area contributed by atoms with Crippen molar-refractivity contribution in [2.45, 2.75) is 45.6 Å². The largest absolute Gasteiger partial charge is 0.456 e. The number of amides is 1. The minimum atomic E-state index is -0.685.